The quantitative estimate of drug-likeness (QED) is 0.932. The van der Waals surface area contributed by atoms with Crippen molar-refractivity contribution in [2.45, 2.75) is 45.6 Å². The number of piperidine rings is 1. The van der Waals surface area contributed by atoms with Crippen LogP contribution >= 0.6 is 0 Å². The van der Waals surface area contributed by atoms with Crippen molar-refractivity contribution in [3.05, 3.63) is 34.9 Å². The van der Waals surface area contributed by atoms with Crippen molar-refractivity contribution in [1.29, 1.82) is 0 Å². The van der Waals surface area contributed by atoms with Crippen LogP contribution in [0, 0.1) is 19.8 Å². The Morgan fingerprint density at radius 3 is 2.41 bits per heavy atom. The van der Waals surface area contributed by atoms with Crippen LogP contribution < -0.4 is 5.32 Å². The SMILES string of the molecule is Cc1cc(C)cc(C(=O)N2CCCC(C(=O)NC3CC3)C2)c1. The van der Waals surface area contributed by atoms with Gasteiger partial charge in [-0.2, -0.15) is 0 Å². The van der Waals surface area contributed by atoms with Crippen molar-refractivity contribution in [2.24, 2.45) is 5.92 Å². The summed E-state index contributed by atoms with van der Waals surface area (Å²) in [4.78, 5) is 26.8. The van der Waals surface area contributed by atoms with Gasteiger partial charge in [0.15, 0.2) is 0 Å². The number of benzene rings is 1. The number of likely N-dealkylation sites (tertiary alicyclic amines) is 1. The first-order valence-electron chi connectivity index (χ1n) is 8.21. The summed E-state index contributed by atoms with van der Waals surface area (Å²) in [5, 5.41) is 3.06. The molecule has 1 atom stereocenters. The van der Waals surface area contributed by atoms with Gasteiger partial charge in [-0.1, -0.05) is 17.2 Å². The summed E-state index contributed by atoms with van der Waals surface area (Å²) in [6.45, 7) is 5.31. The van der Waals surface area contributed by atoms with Crippen LogP contribution in [-0.4, -0.2) is 35.8 Å². The number of nitrogens with zero attached hydrogens (tertiary/aromatic N) is 1. The second kappa shape index (κ2) is 6.11. The van der Waals surface area contributed by atoms with Crippen LogP contribution in [0.15, 0.2) is 18.2 Å². The minimum atomic E-state index is -0.0517. The molecular formula is C18H24N2O2. The summed E-state index contributed by atoms with van der Waals surface area (Å²) in [6, 6.07) is 6.32. The second-order valence-corrected chi connectivity index (χ2v) is 6.75. The highest BCUT2D eigenvalue weighted by Gasteiger charge is 2.32. The van der Waals surface area contributed by atoms with Crippen LogP contribution in [-0.2, 0) is 4.79 Å². The Kier molecular flexibility index (Phi) is 4.19. The molecule has 1 aromatic carbocycles. The monoisotopic (exact) mass is 300 g/mol. The fourth-order valence-corrected chi connectivity index (χ4v) is 3.20. The maximum atomic E-state index is 12.7. The van der Waals surface area contributed by atoms with Gasteiger partial charge in [0.1, 0.15) is 0 Å². The van der Waals surface area contributed by atoms with Crippen molar-refractivity contribution < 1.29 is 9.59 Å². The minimum absolute atomic E-state index is 0.0516. The van der Waals surface area contributed by atoms with E-state index in [1.807, 2.05) is 30.9 Å². The third-order valence-electron chi connectivity index (χ3n) is 4.47. The maximum Gasteiger partial charge on any atom is 0.253 e. The topological polar surface area (TPSA) is 49.4 Å². The number of carbonyl (C=O) groups is 2. The van der Waals surface area contributed by atoms with Crippen LogP contribution in [0.25, 0.3) is 0 Å². The molecule has 1 aliphatic heterocycles. The molecule has 1 heterocycles. The minimum Gasteiger partial charge on any atom is -0.353 e. The van der Waals surface area contributed by atoms with E-state index in [1.54, 1.807) is 0 Å². The standard InChI is InChI=1S/C18H24N2O2/c1-12-8-13(2)10-15(9-12)18(22)20-7-3-4-14(11-20)17(21)19-16-5-6-16/h8-10,14,16H,3-7,11H2,1-2H3,(H,19,21). The zero-order valence-electron chi connectivity index (χ0n) is 13.4. The van der Waals surface area contributed by atoms with Gasteiger partial charge in [0.2, 0.25) is 5.91 Å². The van der Waals surface area contributed by atoms with E-state index in [4.69, 9.17) is 0 Å². The van der Waals surface area contributed by atoms with Crippen LogP contribution in [0.5, 0.6) is 0 Å². The summed E-state index contributed by atoms with van der Waals surface area (Å²) in [5.41, 5.74) is 2.94. The van der Waals surface area contributed by atoms with Gasteiger partial charge in [-0.25, -0.2) is 0 Å². The molecule has 0 spiro atoms. The normalized spacial score (nSPS) is 21.5. The van der Waals surface area contributed by atoms with E-state index in [-0.39, 0.29) is 17.7 Å². The van der Waals surface area contributed by atoms with Gasteiger partial charge in [0.25, 0.3) is 5.91 Å². The summed E-state index contributed by atoms with van der Waals surface area (Å²) in [6.07, 6.45) is 3.99. The van der Waals surface area contributed by atoms with Gasteiger partial charge < -0.3 is 10.2 Å². The Morgan fingerprint density at radius 1 is 1.09 bits per heavy atom. The zero-order chi connectivity index (χ0) is 15.7. The van der Waals surface area contributed by atoms with E-state index in [1.165, 1.54) is 0 Å². The predicted molar refractivity (Wildman–Crippen MR) is 85.7 cm³/mol. The van der Waals surface area contributed by atoms with Gasteiger partial charge in [-0.3, -0.25) is 9.59 Å². The largest absolute Gasteiger partial charge is 0.353 e. The molecule has 0 bridgehead atoms. The summed E-state index contributed by atoms with van der Waals surface area (Å²) < 4.78 is 0. The average molecular weight is 300 g/mol. The molecule has 2 amide bonds. The van der Waals surface area contributed by atoms with E-state index < -0.39 is 0 Å². The van der Waals surface area contributed by atoms with Gasteiger partial charge in [-0.15, -0.1) is 0 Å². The molecule has 4 heteroatoms. The fraction of sp³-hybridized carbons (Fsp3) is 0.556. The predicted octanol–water partition coefficient (Wildman–Crippen LogP) is 2.43. The molecule has 22 heavy (non-hydrogen) atoms. The lowest BCUT2D eigenvalue weighted by Crippen LogP contribution is -2.45. The first kappa shape index (κ1) is 15.1. The lowest BCUT2D eigenvalue weighted by atomic mass is 9.96. The molecule has 1 unspecified atom stereocenters. The molecule has 1 saturated carbocycles. The molecule has 0 radical (unpaired) electrons. The molecule has 3 rings (SSSR count). The van der Waals surface area contributed by atoms with E-state index in [2.05, 4.69) is 11.4 Å². The van der Waals surface area contributed by atoms with Gasteiger partial charge in [0, 0.05) is 24.7 Å². The highest BCUT2D eigenvalue weighted by atomic mass is 16.2. The molecule has 0 aromatic heterocycles. The van der Waals surface area contributed by atoms with Crippen molar-refractivity contribution in [3.8, 4) is 0 Å². The lowest BCUT2D eigenvalue weighted by molar-refractivity contribution is -0.126. The number of amides is 2. The first-order chi connectivity index (χ1) is 10.5. The van der Waals surface area contributed by atoms with E-state index in [0.29, 0.717) is 12.6 Å². The molecule has 1 saturated heterocycles. The summed E-state index contributed by atoms with van der Waals surface area (Å²) in [5.74, 6) is 0.125. The van der Waals surface area contributed by atoms with Crippen molar-refractivity contribution in [2.75, 3.05) is 13.1 Å². The number of hydrogen-bond acceptors (Lipinski definition) is 2. The van der Waals surface area contributed by atoms with Gasteiger partial charge in [0.05, 0.1) is 5.92 Å². The lowest BCUT2D eigenvalue weighted by Gasteiger charge is -2.32. The van der Waals surface area contributed by atoms with E-state index in [9.17, 15) is 9.59 Å². The van der Waals surface area contributed by atoms with Crippen LogP contribution in [0.4, 0.5) is 0 Å². The number of rotatable bonds is 3. The van der Waals surface area contributed by atoms with Crippen molar-refractivity contribution in [3.63, 3.8) is 0 Å². The Balaban J connectivity index is 1.67. The van der Waals surface area contributed by atoms with Gasteiger partial charge >= 0.3 is 0 Å². The molecule has 2 aliphatic rings. The highest BCUT2D eigenvalue weighted by molar-refractivity contribution is 5.95. The number of nitrogens with one attached hydrogen (secondary N) is 1. The smallest absolute Gasteiger partial charge is 0.253 e. The zero-order valence-corrected chi connectivity index (χ0v) is 13.4. The highest BCUT2D eigenvalue weighted by Crippen LogP contribution is 2.23. The molecule has 1 aliphatic carbocycles. The van der Waals surface area contributed by atoms with Crippen LogP contribution in [0.3, 0.4) is 0 Å². The van der Waals surface area contributed by atoms with Crippen LogP contribution in [0.2, 0.25) is 0 Å². The third-order valence-corrected chi connectivity index (χ3v) is 4.47. The van der Waals surface area contributed by atoms with Crippen LogP contribution in [0.1, 0.15) is 47.2 Å². The maximum absolute atomic E-state index is 12.7. The van der Waals surface area contributed by atoms with E-state index >= 15 is 0 Å². The Morgan fingerprint density at radius 2 is 1.77 bits per heavy atom. The second-order valence-electron chi connectivity index (χ2n) is 6.75. The molecule has 2 fully saturated rings. The van der Waals surface area contributed by atoms with Gasteiger partial charge in [-0.05, 0) is 51.7 Å². The molecular weight excluding hydrogens is 276 g/mol. The first-order valence-corrected chi connectivity index (χ1v) is 8.21. The average Bonchev–Trinajstić information content (AvgIpc) is 3.29. The molecule has 4 nitrogen and oxygen atoms in total. The Labute approximate surface area is 131 Å². The fourth-order valence-electron chi connectivity index (χ4n) is 3.20. The molecule has 1 N–H and O–H groups in total. The Bertz CT molecular complexity index is 572. The number of hydrogen-bond donors (Lipinski definition) is 1. The molecule has 1 aromatic rings. The Hall–Kier alpha value is -1.84. The third kappa shape index (κ3) is 3.49. The number of aryl methyl sites for hydroxylation is 2. The number of carbonyl (C=O) groups excluding carboxylic acids is 2. The van der Waals surface area contributed by atoms with E-state index in [0.717, 1.165) is 48.9 Å². The summed E-state index contributed by atoms with van der Waals surface area (Å²) in [7, 11) is 0. The van der Waals surface area contributed by atoms with Crippen molar-refractivity contribution in [1.82, 2.24) is 10.2 Å². The molecule has 118 valence electrons. The van der Waals surface area contributed by atoms with Crippen molar-refractivity contribution >= 4 is 11.8 Å². The summed E-state index contributed by atoms with van der Waals surface area (Å²) >= 11 is 0.